The van der Waals surface area contributed by atoms with Crippen LogP contribution in [0.2, 0.25) is 0 Å². The van der Waals surface area contributed by atoms with E-state index in [1.165, 1.54) is 12.8 Å². The summed E-state index contributed by atoms with van der Waals surface area (Å²) in [5.41, 5.74) is 0. The predicted molar refractivity (Wildman–Crippen MR) is 79.2 cm³/mol. The van der Waals surface area contributed by atoms with Gasteiger partial charge in [-0.2, -0.15) is 5.10 Å². The molecule has 122 valence electrons. The number of hydrogen-bond acceptors (Lipinski definition) is 5. The van der Waals surface area contributed by atoms with Gasteiger partial charge in [-0.15, -0.1) is 0 Å². The summed E-state index contributed by atoms with van der Waals surface area (Å²) in [5, 5.41) is 6.94. The second kappa shape index (κ2) is 6.75. The molecule has 7 heteroatoms. The van der Waals surface area contributed by atoms with E-state index in [4.69, 9.17) is 9.47 Å². The minimum Gasteiger partial charge on any atom is -0.366 e. The number of aromatic nitrogens is 3. The van der Waals surface area contributed by atoms with Crippen LogP contribution in [0.25, 0.3) is 0 Å². The molecular formula is C15H24N4O3. The van der Waals surface area contributed by atoms with Crippen molar-refractivity contribution >= 4 is 5.91 Å². The molecule has 7 nitrogen and oxygen atoms in total. The molecule has 0 bridgehead atoms. The van der Waals surface area contributed by atoms with Gasteiger partial charge in [-0.25, -0.2) is 4.98 Å². The van der Waals surface area contributed by atoms with E-state index < -0.39 is 6.10 Å². The summed E-state index contributed by atoms with van der Waals surface area (Å²) >= 11 is 0. The van der Waals surface area contributed by atoms with Crippen molar-refractivity contribution in [3.63, 3.8) is 0 Å². The number of ether oxygens (including phenoxy) is 2. The van der Waals surface area contributed by atoms with Gasteiger partial charge in [0.2, 0.25) is 0 Å². The predicted octanol–water partition coefficient (Wildman–Crippen LogP) is 1.36. The van der Waals surface area contributed by atoms with E-state index in [9.17, 15) is 4.79 Å². The van der Waals surface area contributed by atoms with Crippen molar-refractivity contribution in [1.29, 1.82) is 0 Å². The molecule has 1 aliphatic carbocycles. The molecule has 1 aromatic heterocycles. The van der Waals surface area contributed by atoms with Crippen molar-refractivity contribution in [3.05, 3.63) is 11.6 Å². The molecule has 2 aliphatic rings. The topological polar surface area (TPSA) is 80.3 Å². The van der Waals surface area contributed by atoms with Crippen molar-refractivity contribution in [3.8, 4) is 0 Å². The number of hydrogen-bond donors (Lipinski definition) is 1. The fraction of sp³-hybridized carbons (Fsp3) is 0.800. The van der Waals surface area contributed by atoms with Crippen LogP contribution in [-0.2, 0) is 14.3 Å². The van der Waals surface area contributed by atoms with Crippen molar-refractivity contribution < 1.29 is 14.3 Å². The number of carbonyl (C=O) groups excluding carboxylic acids is 1. The van der Waals surface area contributed by atoms with Crippen LogP contribution < -0.4 is 0 Å². The van der Waals surface area contributed by atoms with E-state index in [1.54, 1.807) is 4.90 Å². The highest BCUT2D eigenvalue weighted by Gasteiger charge is 2.31. The van der Waals surface area contributed by atoms with Crippen LogP contribution in [0.15, 0.2) is 0 Å². The molecule has 1 saturated carbocycles. The van der Waals surface area contributed by atoms with Gasteiger partial charge in [0.25, 0.3) is 5.91 Å². The third kappa shape index (κ3) is 3.47. The molecule has 1 aliphatic heterocycles. The number of rotatable bonds is 4. The Bertz CT molecular complexity index is 513. The second-order valence-corrected chi connectivity index (χ2v) is 6.11. The molecule has 0 radical (unpaired) electrons. The van der Waals surface area contributed by atoms with Crippen LogP contribution in [-0.4, -0.2) is 57.9 Å². The maximum absolute atomic E-state index is 12.6. The summed E-state index contributed by atoms with van der Waals surface area (Å²) < 4.78 is 11.6. The average molecular weight is 308 g/mol. The SMILES string of the molecule is Cc1nc([C@H]2CN(C(=O)[C@H](C)OC3CCCC3)CCO2)n[nH]1. The standard InChI is InChI=1S/C15H24N4O3/c1-10(22-12-5-3-4-6-12)15(20)19-7-8-21-13(9-19)14-16-11(2)17-18-14/h10,12-13H,3-9H2,1-2H3,(H,16,17,18)/t10-,13+/m0/s1. The van der Waals surface area contributed by atoms with Crippen molar-refractivity contribution in [2.24, 2.45) is 0 Å². The normalized spacial score (nSPS) is 24.6. The quantitative estimate of drug-likeness (QED) is 0.908. The molecule has 2 fully saturated rings. The Morgan fingerprint density at radius 2 is 2.23 bits per heavy atom. The lowest BCUT2D eigenvalue weighted by Crippen LogP contribution is -2.47. The number of amides is 1. The second-order valence-electron chi connectivity index (χ2n) is 6.11. The van der Waals surface area contributed by atoms with Crippen molar-refractivity contribution in [2.45, 2.75) is 57.8 Å². The van der Waals surface area contributed by atoms with Gasteiger partial charge < -0.3 is 14.4 Å². The molecule has 22 heavy (non-hydrogen) atoms. The van der Waals surface area contributed by atoms with Crippen LogP contribution >= 0.6 is 0 Å². The zero-order valence-corrected chi connectivity index (χ0v) is 13.2. The molecule has 3 rings (SSSR count). The summed E-state index contributed by atoms with van der Waals surface area (Å²) in [4.78, 5) is 18.7. The van der Waals surface area contributed by atoms with E-state index in [2.05, 4.69) is 15.2 Å². The van der Waals surface area contributed by atoms with Crippen LogP contribution in [0.3, 0.4) is 0 Å². The number of aromatic amines is 1. The molecule has 0 spiro atoms. The van der Waals surface area contributed by atoms with Crippen LogP contribution in [0, 0.1) is 6.92 Å². The van der Waals surface area contributed by atoms with Gasteiger partial charge in [-0.05, 0) is 26.7 Å². The molecule has 1 saturated heterocycles. The maximum Gasteiger partial charge on any atom is 0.251 e. The van der Waals surface area contributed by atoms with Crippen LogP contribution in [0.1, 0.15) is 50.4 Å². The Labute approximate surface area is 130 Å². The van der Waals surface area contributed by atoms with Gasteiger partial charge >= 0.3 is 0 Å². The lowest BCUT2D eigenvalue weighted by molar-refractivity contribution is -0.153. The third-order valence-corrected chi connectivity index (χ3v) is 4.33. The summed E-state index contributed by atoms with van der Waals surface area (Å²) in [7, 11) is 0. The molecule has 2 atom stereocenters. The number of nitrogens with zero attached hydrogens (tertiary/aromatic N) is 3. The number of aryl methyl sites for hydroxylation is 1. The maximum atomic E-state index is 12.6. The van der Waals surface area contributed by atoms with Crippen molar-refractivity contribution in [2.75, 3.05) is 19.7 Å². The number of H-pyrrole nitrogens is 1. The molecule has 1 N–H and O–H groups in total. The zero-order chi connectivity index (χ0) is 15.5. The van der Waals surface area contributed by atoms with Gasteiger partial charge in [-0.1, -0.05) is 12.8 Å². The first kappa shape index (κ1) is 15.4. The molecule has 1 amide bonds. The summed E-state index contributed by atoms with van der Waals surface area (Å²) in [5.74, 6) is 1.40. The number of carbonyl (C=O) groups is 1. The molecular weight excluding hydrogens is 284 g/mol. The average Bonchev–Trinajstić information content (AvgIpc) is 3.18. The first-order valence-electron chi connectivity index (χ1n) is 8.08. The lowest BCUT2D eigenvalue weighted by Gasteiger charge is -2.33. The Hall–Kier alpha value is -1.47. The summed E-state index contributed by atoms with van der Waals surface area (Å²) in [6, 6.07) is 0. The van der Waals surface area contributed by atoms with Crippen molar-refractivity contribution in [1.82, 2.24) is 20.1 Å². The summed E-state index contributed by atoms with van der Waals surface area (Å²) in [6.07, 6.45) is 4.13. The van der Waals surface area contributed by atoms with Crippen LogP contribution in [0.4, 0.5) is 0 Å². The molecule has 2 heterocycles. The van der Waals surface area contributed by atoms with Gasteiger partial charge in [-0.3, -0.25) is 9.89 Å². The first-order chi connectivity index (χ1) is 10.6. The highest BCUT2D eigenvalue weighted by molar-refractivity contribution is 5.80. The largest absolute Gasteiger partial charge is 0.366 e. The highest BCUT2D eigenvalue weighted by atomic mass is 16.5. The van der Waals surface area contributed by atoms with E-state index in [1.807, 2.05) is 13.8 Å². The minimum absolute atomic E-state index is 0.0347. The van der Waals surface area contributed by atoms with Crippen LogP contribution in [0.5, 0.6) is 0 Å². The molecule has 0 unspecified atom stereocenters. The van der Waals surface area contributed by atoms with Gasteiger partial charge in [0.1, 0.15) is 18.0 Å². The highest BCUT2D eigenvalue weighted by Crippen LogP contribution is 2.24. The Morgan fingerprint density at radius 3 is 2.91 bits per heavy atom. The Morgan fingerprint density at radius 1 is 1.45 bits per heavy atom. The number of morpholine rings is 1. The zero-order valence-electron chi connectivity index (χ0n) is 13.2. The summed E-state index contributed by atoms with van der Waals surface area (Å²) in [6.45, 7) is 5.27. The number of nitrogens with one attached hydrogen (secondary N) is 1. The van der Waals surface area contributed by atoms with Gasteiger partial charge in [0, 0.05) is 6.54 Å². The Balaban J connectivity index is 1.57. The van der Waals surface area contributed by atoms with E-state index in [0.29, 0.717) is 25.5 Å². The first-order valence-corrected chi connectivity index (χ1v) is 8.08. The monoisotopic (exact) mass is 308 g/mol. The smallest absolute Gasteiger partial charge is 0.251 e. The van der Waals surface area contributed by atoms with Gasteiger partial charge in [0.05, 0.1) is 19.3 Å². The van der Waals surface area contributed by atoms with E-state index >= 15 is 0 Å². The molecule has 0 aromatic carbocycles. The van der Waals surface area contributed by atoms with E-state index in [0.717, 1.165) is 18.7 Å². The lowest BCUT2D eigenvalue weighted by atomic mass is 10.2. The minimum atomic E-state index is -0.393. The fourth-order valence-electron chi connectivity index (χ4n) is 3.14. The third-order valence-electron chi connectivity index (χ3n) is 4.33. The Kier molecular flexibility index (Phi) is 4.73. The van der Waals surface area contributed by atoms with Gasteiger partial charge in [0.15, 0.2) is 5.82 Å². The van der Waals surface area contributed by atoms with E-state index in [-0.39, 0.29) is 18.1 Å². The fourth-order valence-corrected chi connectivity index (χ4v) is 3.14. The molecule has 1 aromatic rings.